The number of nitrogens with zero attached hydrogens (tertiary/aromatic N) is 3. The van der Waals surface area contributed by atoms with Gasteiger partial charge in [-0.3, -0.25) is 19.8 Å². The molecule has 2 aliphatic rings. The summed E-state index contributed by atoms with van der Waals surface area (Å²) >= 11 is 0. The molecule has 0 unspecified atom stereocenters. The molecule has 1 aromatic heterocycles. The molecular weight excluding hydrogens is 240 g/mol. The number of urea groups is 1. The second-order valence-corrected chi connectivity index (χ2v) is 4.40. The van der Waals surface area contributed by atoms with E-state index in [1.807, 2.05) is 0 Å². The first-order chi connectivity index (χ1) is 8.63. The van der Waals surface area contributed by atoms with Crippen molar-refractivity contribution in [2.45, 2.75) is 19.3 Å². The molecule has 18 heavy (non-hydrogen) atoms. The van der Waals surface area contributed by atoms with Crippen LogP contribution in [0.3, 0.4) is 0 Å². The van der Waals surface area contributed by atoms with E-state index in [4.69, 9.17) is 0 Å². The Morgan fingerprint density at radius 1 is 1.39 bits per heavy atom. The fourth-order valence-corrected chi connectivity index (χ4v) is 2.02. The second kappa shape index (κ2) is 3.62. The summed E-state index contributed by atoms with van der Waals surface area (Å²) in [5.41, 5.74) is -0.995. The van der Waals surface area contributed by atoms with Crippen molar-refractivity contribution in [1.29, 1.82) is 0 Å². The van der Waals surface area contributed by atoms with Crippen molar-refractivity contribution >= 4 is 17.8 Å². The molecule has 0 aromatic carbocycles. The minimum atomic E-state index is -0.995. The average Bonchev–Trinajstić information content (AvgIpc) is 2.99. The summed E-state index contributed by atoms with van der Waals surface area (Å²) in [6.45, 7) is 0.138. The highest BCUT2D eigenvalue weighted by Gasteiger charge is 2.62. The van der Waals surface area contributed by atoms with Gasteiger partial charge in [-0.15, -0.1) is 0 Å². The third-order valence-electron chi connectivity index (χ3n) is 3.27. The van der Waals surface area contributed by atoms with Crippen LogP contribution in [0, 0.1) is 5.41 Å². The highest BCUT2D eigenvalue weighted by molar-refractivity contribution is 6.20. The lowest BCUT2D eigenvalue weighted by Crippen LogP contribution is -2.59. The van der Waals surface area contributed by atoms with Crippen molar-refractivity contribution in [3.8, 4) is 0 Å². The maximum atomic E-state index is 12.1. The van der Waals surface area contributed by atoms with Crippen molar-refractivity contribution < 1.29 is 18.9 Å². The van der Waals surface area contributed by atoms with Gasteiger partial charge in [-0.2, -0.15) is 4.98 Å². The van der Waals surface area contributed by atoms with Gasteiger partial charge in [-0.1, -0.05) is 5.16 Å². The van der Waals surface area contributed by atoms with E-state index in [2.05, 4.69) is 20.0 Å². The van der Waals surface area contributed by atoms with Gasteiger partial charge in [0.15, 0.2) is 5.82 Å². The Bertz CT molecular complexity index is 520. The van der Waals surface area contributed by atoms with Gasteiger partial charge in [0, 0.05) is 13.0 Å². The normalized spacial score (nSPS) is 21.3. The quantitative estimate of drug-likeness (QED) is 0.723. The van der Waals surface area contributed by atoms with Crippen LogP contribution in [0.5, 0.6) is 0 Å². The molecule has 1 N–H and O–H groups in total. The minimum Gasteiger partial charge on any atom is -0.343 e. The highest BCUT2D eigenvalue weighted by Crippen LogP contribution is 2.48. The number of aromatic nitrogens is 2. The zero-order chi connectivity index (χ0) is 12.8. The smallest absolute Gasteiger partial charge is 0.330 e. The fourth-order valence-electron chi connectivity index (χ4n) is 2.02. The first-order valence-electron chi connectivity index (χ1n) is 5.56. The molecule has 0 radical (unpaired) electrons. The predicted molar refractivity (Wildman–Crippen MR) is 54.9 cm³/mol. The zero-order valence-electron chi connectivity index (χ0n) is 9.38. The molecule has 1 saturated carbocycles. The number of nitrogens with one attached hydrogen (secondary N) is 1. The first-order valence-corrected chi connectivity index (χ1v) is 5.56. The number of amides is 4. The van der Waals surface area contributed by atoms with Crippen molar-refractivity contribution in [2.24, 2.45) is 5.41 Å². The second-order valence-electron chi connectivity index (χ2n) is 4.40. The van der Waals surface area contributed by atoms with Crippen molar-refractivity contribution in [1.82, 2.24) is 20.4 Å². The SMILES string of the molecule is O=C1NC(=O)C2(CC2)C(=O)N1CCc1ncon1. The summed E-state index contributed by atoms with van der Waals surface area (Å²) in [6, 6.07) is -0.675. The molecule has 0 atom stereocenters. The largest absolute Gasteiger partial charge is 0.343 e. The maximum absolute atomic E-state index is 12.1. The Kier molecular flexibility index (Phi) is 2.19. The van der Waals surface area contributed by atoms with Gasteiger partial charge in [0.1, 0.15) is 5.41 Å². The number of carbonyl (C=O) groups is 3. The van der Waals surface area contributed by atoms with E-state index in [1.165, 1.54) is 6.39 Å². The summed E-state index contributed by atoms with van der Waals surface area (Å²) in [5, 5.41) is 5.80. The lowest BCUT2D eigenvalue weighted by molar-refractivity contribution is -0.144. The summed E-state index contributed by atoms with van der Waals surface area (Å²) in [4.78, 5) is 40.1. The van der Waals surface area contributed by atoms with Crippen LogP contribution in [0.1, 0.15) is 18.7 Å². The molecule has 3 rings (SSSR count). The molecule has 94 valence electrons. The molecule has 8 nitrogen and oxygen atoms in total. The van der Waals surface area contributed by atoms with Crippen LogP contribution in [0.15, 0.2) is 10.9 Å². The number of rotatable bonds is 3. The molecule has 1 aliphatic carbocycles. The Balaban J connectivity index is 1.73. The minimum absolute atomic E-state index is 0.138. The standard InChI is InChI=1S/C10H10N4O4/c15-7-10(2-3-10)8(16)14(9(17)12-7)4-1-6-11-5-18-13-6/h5H,1-4H2,(H,12,15,17). The monoisotopic (exact) mass is 250 g/mol. The topological polar surface area (TPSA) is 105 Å². The van der Waals surface area contributed by atoms with E-state index in [0.717, 1.165) is 4.90 Å². The Hall–Kier alpha value is -2.25. The van der Waals surface area contributed by atoms with Crippen LogP contribution in [0.2, 0.25) is 0 Å². The van der Waals surface area contributed by atoms with Crippen LogP contribution >= 0.6 is 0 Å². The van der Waals surface area contributed by atoms with Crippen LogP contribution in [0.25, 0.3) is 0 Å². The van der Waals surface area contributed by atoms with E-state index in [1.54, 1.807) is 0 Å². The molecular formula is C10H10N4O4. The molecule has 0 bridgehead atoms. The number of imide groups is 2. The van der Waals surface area contributed by atoms with Gasteiger partial charge in [-0.05, 0) is 12.8 Å². The summed E-state index contributed by atoms with van der Waals surface area (Å²) in [6.07, 6.45) is 2.49. The van der Waals surface area contributed by atoms with Crippen LogP contribution in [0.4, 0.5) is 4.79 Å². The Labute approximate surface area is 101 Å². The van der Waals surface area contributed by atoms with E-state index in [-0.39, 0.29) is 6.54 Å². The molecule has 2 heterocycles. The first kappa shape index (κ1) is 10.9. The Morgan fingerprint density at radius 2 is 2.17 bits per heavy atom. The maximum Gasteiger partial charge on any atom is 0.330 e. The van der Waals surface area contributed by atoms with Crippen molar-refractivity contribution in [3.05, 3.63) is 12.2 Å². The lowest BCUT2D eigenvalue weighted by Gasteiger charge is -2.29. The Morgan fingerprint density at radius 3 is 2.78 bits per heavy atom. The van der Waals surface area contributed by atoms with Gasteiger partial charge in [0.05, 0.1) is 0 Å². The highest BCUT2D eigenvalue weighted by atomic mass is 16.5. The third kappa shape index (κ3) is 1.49. The number of hydrogen-bond acceptors (Lipinski definition) is 6. The number of carbonyl (C=O) groups excluding carboxylic acids is 3. The lowest BCUT2D eigenvalue weighted by atomic mass is 10.0. The number of hydrogen-bond donors (Lipinski definition) is 1. The van der Waals surface area contributed by atoms with E-state index >= 15 is 0 Å². The van der Waals surface area contributed by atoms with Crippen LogP contribution < -0.4 is 5.32 Å². The summed E-state index contributed by atoms with van der Waals surface area (Å²) in [5.74, 6) is -0.481. The fraction of sp³-hybridized carbons (Fsp3) is 0.500. The molecule has 8 heteroatoms. The van der Waals surface area contributed by atoms with Crippen LogP contribution in [-0.4, -0.2) is 39.4 Å². The van der Waals surface area contributed by atoms with E-state index in [0.29, 0.717) is 25.1 Å². The summed E-state index contributed by atoms with van der Waals surface area (Å²) in [7, 11) is 0. The average molecular weight is 250 g/mol. The van der Waals surface area contributed by atoms with Gasteiger partial charge in [0.25, 0.3) is 0 Å². The molecule has 1 aliphatic heterocycles. The summed E-state index contributed by atoms with van der Waals surface area (Å²) < 4.78 is 4.56. The molecule has 1 spiro atoms. The van der Waals surface area contributed by atoms with Gasteiger partial charge >= 0.3 is 6.03 Å². The van der Waals surface area contributed by atoms with Gasteiger partial charge in [-0.25, -0.2) is 4.79 Å². The molecule has 1 saturated heterocycles. The predicted octanol–water partition coefficient (Wildman–Crippen LogP) is -0.529. The van der Waals surface area contributed by atoms with E-state index in [9.17, 15) is 14.4 Å². The molecule has 1 aromatic rings. The van der Waals surface area contributed by atoms with Crippen molar-refractivity contribution in [2.75, 3.05) is 6.54 Å². The molecule has 2 fully saturated rings. The number of barbiturate groups is 1. The van der Waals surface area contributed by atoms with Crippen LogP contribution in [-0.2, 0) is 16.0 Å². The van der Waals surface area contributed by atoms with Crippen molar-refractivity contribution in [3.63, 3.8) is 0 Å². The zero-order valence-corrected chi connectivity index (χ0v) is 9.38. The molecule has 4 amide bonds. The van der Waals surface area contributed by atoms with E-state index < -0.39 is 23.3 Å². The van der Waals surface area contributed by atoms with Gasteiger partial charge < -0.3 is 4.52 Å². The van der Waals surface area contributed by atoms with Gasteiger partial charge in [0.2, 0.25) is 18.2 Å². The third-order valence-corrected chi connectivity index (χ3v) is 3.27.